The zero-order valence-corrected chi connectivity index (χ0v) is 14.5. The van der Waals surface area contributed by atoms with Crippen LogP contribution in [0.2, 0.25) is 0 Å². The van der Waals surface area contributed by atoms with Crippen molar-refractivity contribution in [2.24, 2.45) is 5.92 Å². The molecule has 0 aromatic carbocycles. The number of thiophene rings is 1. The molecule has 0 aliphatic heterocycles. The van der Waals surface area contributed by atoms with Crippen molar-refractivity contribution in [3.8, 4) is 0 Å². The van der Waals surface area contributed by atoms with Crippen molar-refractivity contribution in [1.29, 1.82) is 0 Å². The Balaban J connectivity index is 2.38. The average Bonchev–Trinajstić information content (AvgIpc) is 2.56. The van der Waals surface area contributed by atoms with Crippen molar-refractivity contribution in [3.63, 3.8) is 0 Å². The lowest BCUT2D eigenvalue weighted by Gasteiger charge is -2.26. The Hall–Kier alpha value is 0.100. The maximum atomic E-state index is 3.58. The van der Waals surface area contributed by atoms with E-state index < -0.39 is 0 Å². The van der Waals surface area contributed by atoms with Gasteiger partial charge in [0, 0.05) is 33.4 Å². The monoisotopic (exact) mass is 332 g/mol. The molecular formula is C14H25BrN2S. The SMILES string of the molecule is Cc1sc(CNCC(CC(C)C)N(C)C)cc1Br. The summed E-state index contributed by atoms with van der Waals surface area (Å²) in [4.78, 5) is 5.09. The van der Waals surface area contributed by atoms with E-state index in [1.54, 1.807) is 0 Å². The highest BCUT2D eigenvalue weighted by molar-refractivity contribution is 9.10. The number of hydrogen-bond acceptors (Lipinski definition) is 3. The molecule has 0 bridgehead atoms. The Morgan fingerprint density at radius 2 is 2.06 bits per heavy atom. The van der Waals surface area contributed by atoms with Crippen molar-refractivity contribution >= 4 is 27.3 Å². The molecule has 0 spiro atoms. The van der Waals surface area contributed by atoms with Gasteiger partial charge in [0.2, 0.25) is 0 Å². The average molecular weight is 333 g/mol. The summed E-state index contributed by atoms with van der Waals surface area (Å²) in [5, 5.41) is 3.58. The normalized spacial score (nSPS) is 13.6. The molecule has 2 nitrogen and oxygen atoms in total. The van der Waals surface area contributed by atoms with Crippen molar-refractivity contribution in [2.75, 3.05) is 20.6 Å². The van der Waals surface area contributed by atoms with E-state index in [4.69, 9.17) is 0 Å². The van der Waals surface area contributed by atoms with Crippen LogP contribution in [0.4, 0.5) is 0 Å². The Bertz CT molecular complexity index is 341. The van der Waals surface area contributed by atoms with Gasteiger partial charge in [0.1, 0.15) is 0 Å². The molecule has 1 atom stereocenters. The summed E-state index contributed by atoms with van der Waals surface area (Å²) in [6.45, 7) is 8.76. The maximum absolute atomic E-state index is 3.58. The minimum atomic E-state index is 0.620. The Morgan fingerprint density at radius 1 is 1.39 bits per heavy atom. The first kappa shape index (κ1) is 16.2. The molecule has 4 heteroatoms. The fraction of sp³-hybridized carbons (Fsp3) is 0.714. The fourth-order valence-electron chi connectivity index (χ4n) is 1.99. The topological polar surface area (TPSA) is 15.3 Å². The third kappa shape index (κ3) is 5.39. The fourth-order valence-corrected chi connectivity index (χ4v) is 3.56. The molecule has 18 heavy (non-hydrogen) atoms. The quantitative estimate of drug-likeness (QED) is 0.814. The second kappa shape index (κ2) is 7.63. The summed E-state index contributed by atoms with van der Waals surface area (Å²) in [6.07, 6.45) is 1.24. The molecule has 1 N–H and O–H groups in total. The van der Waals surface area contributed by atoms with Crippen LogP contribution in [0.1, 0.15) is 30.0 Å². The van der Waals surface area contributed by atoms with E-state index in [1.165, 1.54) is 20.6 Å². The number of hydrogen-bond donors (Lipinski definition) is 1. The third-order valence-corrected chi connectivity index (χ3v) is 5.20. The summed E-state index contributed by atoms with van der Waals surface area (Å²) < 4.78 is 1.23. The second-order valence-electron chi connectivity index (χ2n) is 5.49. The van der Waals surface area contributed by atoms with Crippen LogP contribution in [0.15, 0.2) is 10.5 Å². The van der Waals surface area contributed by atoms with Gasteiger partial charge in [0.15, 0.2) is 0 Å². The Kier molecular flexibility index (Phi) is 6.85. The van der Waals surface area contributed by atoms with E-state index in [0.29, 0.717) is 6.04 Å². The number of aryl methyl sites for hydroxylation is 1. The van der Waals surface area contributed by atoms with Crippen LogP contribution >= 0.6 is 27.3 Å². The van der Waals surface area contributed by atoms with Gasteiger partial charge in [0.25, 0.3) is 0 Å². The second-order valence-corrected chi connectivity index (χ2v) is 7.69. The number of rotatable bonds is 7. The van der Waals surface area contributed by atoms with Crippen LogP contribution in [0, 0.1) is 12.8 Å². The zero-order valence-electron chi connectivity index (χ0n) is 12.1. The largest absolute Gasteiger partial charge is 0.310 e. The summed E-state index contributed by atoms with van der Waals surface area (Å²) in [5.41, 5.74) is 0. The summed E-state index contributed by atoms with van der Waals surface area (Å²) in [5.74, 6) is 0.748. The van der Waals surface area contributed by atoms with Gasteiger partial charge < -0.3 is 10.2 Å². The molecule has 1 aromatic rings. The van der Waals surface area contributed by atoms with E-state index in [-0.39, 0.29) is 0 Å². The first-order valence-electron chi connectivity index (χ1n) is 6.52. The number of likely N-dealkylation sites (N-methyl/N-ethyl adjacent to an activating group) is 1. The summed E-state index contributed by atoms with van der Waals surface area (Å²) in [6, 6.07) is 2.84. The van der Waals surface area contributed by atoms with Gasteiger partial charge in [-0.1, -0.05) is 13.8 Å². The van der Waals surface area contributed by atoms with Crippen molar-refractivity contribution in [1.82, 2.24) is 10.2 Å². The lowest BCUT2D eigenvalue weighted by molar-refractivity contribution is 0.247. The maximum Gasteiger partial charge on any atom is 0.0314 e. The Morgan fingerprint density at radius 3 is 2.50 bits per heavy atom. The van der Waals surface area contributed by atoms with E-state index in [0.717, 1.165) is 19.0 Å². The molecular weight excluding hydrogens is 308 g/mol. The first-order chi connectivity index (χ1) is 8.40. The molecule has 1 unspecified atom stereocenters. The molecule has 1 rings (SSSR count). The highest BCUT2D eigenvalue weighted by Gasteiger charge is 2.13. The standard InChI is InChI=1S/C14H25BrN2S/c1-10(2)6-12(17(4)5)8-16-9-13-7-14(15)11(3)18-13/h7,10,12,16H,6,8-9H2,1-5H3. The van der Waals surface area contributed by atoms with Crippen LogP contribution < -0.4 is 5.32 Å². The van der Waals surface area contributed by atoms with Gasteiger partial charge >= 0.3 is 0 Å². The van der Waals surface area contributed by atoms with E-state index in [2.05, 4.69) is 67.1 Å². The first-order valence-corrected chi connectivity index (χ1v) is 8.13. The Labute approximate surface area is 124 Å². The predicted octanol–water partition coefficient (Wildman–Crippen LogP) is 3.88. The van der Waals surface area contributed by atoms with Crippen LogP contribution in [0.5, 0.6) is 0 Å². The van der Waals surface area contributed by atoms with Gasteiger partial charge in [0.05, 0.1) is 0 Å². The van der Waals surface area contributed by atoms with E-state index in [1.807, 2.05) is 11.3 Å². The van der Waals surface area contributed by atoms with Gasteiger partial charge in [-0.25, -0.2) is 0 Å². The van der Waals surface area contributed by atoms with Crippen molar-refractivity contribution in [2.45, 2.75) is 39.8 Å². The molecule has 0 amide bonds. The van der Waals surface area contributed by atoms with E-state index in [9.17, 15) is 0 Å². The van der Waals surface area contributed by atoms with Crippen LogP contribution in [-0.4, -0.2) is 31.6 Å². The van der Waals surface area contributed by atoms with Gasteiger partial charge in [-0.05, 0) is 55.4 Å². The molecule has 1 aromatic heterocycles. The smallest absolute Gasteiger partial charge is 0.0314 e. The van der Waals surface area contributed by atoms with Gasteiger partial charge in [-0.3, -0.25) is 0 Å². The van der Waals surface area contributed by atoms with E-state index >= 15 is 0 Å². The number of nitrogens with zero attached hydrogens (tertiary/aromatic N) is 1. The number of halogens is 1. The zero-order chi connectivity index (χ0) is 13.7. The molecule has 0 saturated heterocycles. The van der Waals surface area contributed by atoms with Gasteiger partial charge in [-0.2, -0.15) is 0 Å². The minimum absolute atomic E-state index is 0.620. The molecule has 1 heterocycles. The van der Waals surface area contributed by atoms with Crippen LogP contribution in [0.3, 0.4) is 0 Å². The lowest BCUT2D eigenvalue weighted by Crippen LogP contribution is -2.38. The summed E-state index contributed by atoms with van der Waals surface area (Å²) in [7, 11) is 4.33. The molecule has 0 fully saturated rings. The molecule has 0 aliphatic carbocycles. The van der Waals surface area contributed by atoms with Crippen LogP contribution in [0.25, 0.3) is 0 Å². The highest BCUT2D eigenvalue weighted by atomic mass is 79.9. The molecule has 0 radical (unpaired) electrons. The predicted molar refractivity (Wildman–Crippen MR) is 85.4 cm³/mol. The summed E-state index contributed by atoms with van der Waals surface area (Å²) >= 11 is 5.43. The minimum Gasteiger partial charge on any atom is -0.310 e. The van der Waals surface area contributed by atoms with Crippen LogP contribution in [-0.2, 0) is 6.54 Å². The van der Waals surface area contributed by atoms with Crippen molar-refractivity contribution in [3.05, 3.63) is 20.3 Å². The lowest BCUT2D eigenvalue weighted by atomic mass is 10.0. The molecule has 0 saturated carbocycles. The highest BCUT2D eigenvalue weighted by Crippen LogP contribution is 2.26. The van der Waals surface area contributed by atoms with Gasteiger partial charge in [-0.15, -0.1) is 11.3 Å². The number of nitrogens with one attached hydrogen (secondary N) is 1. The molecule has 0 aliphatic rings. The van der Waals surface area contributed by atoms with Crippen molar-refractivity contribution < 1.29 is 0 Å². The third-order valence-electron chi connectivity index (χ3n) is 3.06. The molecule has 104 valence electrons.